The summed E-state index contributed by atoms with van der Waals surface area (Å²) in [4.78, 5) is 9.36. The number of fused-ring (bicyclic) bond motifs is 1. The molecule has 0 saturated carbocycles. The number of aryl methyl sites for hydroxylation is 1. The first-order valence-electron chi connectivity index (χ1n) is 12.4. The number of nitrogens with zero attached hydrogens (tertiary/aromatic N) is 3. The first-order chi connectivity index (χ1) is 17.2. The van der Waals surface area contributed by atoms with Crippen LogP contribution in [-0.2, 0) is 0 Å². The Labute approximate surface area is 207 Å². The molecule has 5 rings (SSSR count). The van der Waals surface area contributed by atoms with Crippen LogP contribution in [-0.4, -0.2) is 65.3 Å². The van der Waals surface area contributed by atoms with Crippen molar-refractivity contribution >= 4 is 10.9 Å². The molecule has 1 fully saturated rings. The number of aromatic nitrogens is 1. The fraction of sp³-hybridized carbons (Fsp3) is 0.300. The third-order valence-electron chi connectivity index (χ3n) is 6.83. The Morgan fingerprint density at radius 3 is 2.14 bits per heavy atom. The summed E-state index contributed by atoms with van der Waals surface area (Å²) in [5.74, 6) is 0.774. The van der Waals surface area contributed by atoms with Gasteiger partial charge in [0.15, 0.2) is 0 Å². The zero-order valence-electron chi connectivity index (χ0n) is 20.3. The van der Waals surface area contributed by atoms with Gasteiger partial charge in [-0.15, -0.1) is 0 Å². The highest BCUT2D eigenvalue weighted by atomic mass is 16.5. The van der Waals surface area contributed by atoms with Gasteiger partial charge in [-0.3, -0.25) is 14.8 Å². The van der Waals surface area contributed by atoms with Crippen LogP contribution in [0.4, 0.5) is 0 Å². The lowest BCUT2D eigenvalue weighted by atomic mass is 9.96. The van der Waals surface area contributed by atoms with Crippen LogP contribution < -0.4 is 4.74 Å². The number of piperazine rings is 1. The molecule has 3 aromatic carbocycles. The summed E-state index contributed by atoms with van der Waals surface area (Å²) in [6.07, 6.45) is 1.25. The number of rotatable bonds is 8. The van der Waals surface area contributed by atoms with E-state index in [4.69, 9.17) is 4.74 Å². The Bertz CT molecular complexity index is 1180. The number of hydrogen-bond acceptors (Lipinski definition) is 5. The van der Waals surface area contributed by atoms with Gasteiger partial charge < -0.3 is 9.84 Å². The number of benzene rings is 3. The molecule has 1 aromatic heterocycles. The van der Waals surface area contributed by atoms with Crippen LogP contribution in [0.1, 0.15) is 22.7 Å². The molecule has 0 amide bonds. The van der Waals surface area contributed by atoms with Crippen LogP contribution in [0.2, 0.25) is 0 Å². The minimum atomic E-state index is -0.548. The Balaban J connectivity index is 1.18. The van der Waals surface area contributed by atoms with E-state index in [1.54, 1.807) is 6.20 Å². The monoisotopic (exact) mass is 467 g/mol. The molecule has 0 bridgehead atoms. The second-order valence-corrected chi connectivity index (χ2v) is 9.31. The number of β-amino-alcohol motifs (C(OH)–C–C–N with tert-alkyl or cyclic N) is 1. The maximum atomic E-state index is 10.7. The maximum Gasteiger partial charge on any atom is 0.128 e. The molecule has 1 atom stereocenters. The van der Waals surface area contributed by atoms with Crippen molar-refractivity contribution in [3.8, 4) is 5.75 Å². The van der Waals surface area contributed by atoms with Crippen molar-refractivity contribution in [1.29, 1.82) is 0 Å². The van der Waals surface area contributed by atoms with E-state index in [9.17, 15) is 5.11 Å². The van der Waals surface area contributed by atoms with Crippen molar-refractivity contribution in [1.82, 2.24) is 14.8 Å². The highest BCUT2D eigenvalue weighted by Gasteiger charge is 2.27. The van der Waals surface area contributed by atoms with Gasteiger partial charge in [0.2, 0.25) is 0 Å². The number of ether oxygens (including phenoxy) is 1. The van der Waals surface area contributed by atoms with Crippen molar-refractivity contribution in [2.24, 2.45) is 0 Å². The summed E-state index contributed by atoms with van der Waals surface area (Å²) >= 11 is 0. The molecule has 5 nitrogen and oxygen atoms in total. The van der Waals surface area contributed by atoms with Gasteiger partial charge in [-0.2, -0.15) is 0 Å². The summed E-state index contributed by atoms with van der Waals surface area (Å²) in [7, 11) is 0. The second kappa shape index (κ2) is 11.0. The lowest BCUT2D eigenvalue weighted by Crippen LogP contribution is -2.50. The molecular formula is C30H33N3O2. The molecular weight excluding hydrogens is 434 g/mol. The molecule has 1 saturated heterocycles. The lowest BCUT2D eigenvalue weighted by molar-refractivity contribution is 0.0404. The predicted octanol–water partition coefficient (Wildman–Crippen LogP) is 4.69. The molecule has 1 aliphatic heterocycles. The standard InChI is InChI=1S/C30H33N3O2/c1-23-14-15-28(27-13-8-16-31-29(23)27)35-22-26(34)21-32-17-19-33(20-18-32)30(24-9-4-2-5-10-24)25-11-6-3-7-12-25/h2-16,26,30,34H,17-22H2,1H3. The fourth-order valence-electron chi connectivity index (χ4n) is 5.04. The van der Waals surface area contributed by atoms with Gasteiger partial charge in [-0.25, -0.2) is 0 Å². The Hall–Kier alpha value is -3.25. The molecule has 1 aliphatic rings. The zero-order valence-corrected chi connectivity index (χ0v) is 20.3. The fourth-order valence-corrected chi connectivity index (χ4v) is 5.04. The van der Waals surface area contributed by atoms with Crippen LogP contribution in [0.25, 0.3) is 10.9 Å². The molecule has 35 heavy (non-hydrogen) atoms. The van der Waals surface area contributed by atoms with Crippen LogP contribution >= 0.6 is 0 Å². The Morgan fingerprint density at radius 1 is 0.829 bits per heavy atom. The average molecular weight is 468 g/mol. The van der Waals surface area contributed by atoms with E-state index < -0.39 is 6.10 Å². The molecule has 0 spiro atoms. The van der Waals surface area contributed by atoms with Crippen LogP contribution in [0, 0.1) is 6.92 Å². The first-order valence-corrected chi connectivity index (χ1v) is 12.4. The van der Waals surface area contributed by atoms with Crippen molar-refractivity contribution < 1.29 is 9.84 Å². The number of aliphatic hydroxyl groups excluding tert-OH is 1. The van der Waals surface area contributed by atoms with Gasteiger partial charge >= 0.3 is 0 Å². The minimum absolute atomic E-state index is 0.247. The van der Waals surface area contributed by atoms with Gasteiger partial charge in [0.1, 0.15) is 18.5 Å². The quantitative estimate of drug-likeness (QED) is 0.407. The summed E-state index contributed by atoms with van der Waals surface area (Å²) in [6.45, 7) is 6.68. The van der Waals surface area contributed by atoms with Gasteiger partial charge in [0.05, 0.1) is 11.6 Å². The molecule has 1 unspecified atom stereocenters. The molecule has 0 aliphatic carbocycles. The summed E-state index contributed by atoms with van der Waals surface area (Å²) < 4.78 is 6.03. The van der Waals surface area contributed by atoms with E-state index >= 15 is 0 Å². The van der Waals surface area contributed by atoms with Crippen molar-refractivity contribution in [2.45, 2.75) is 19.1 Å². The van der Waals surface area contributed by atoms with E-state index in [0.29, 0.717) is 6.54 Å². The minimum Gasteiger partial charge on any atom is -0.490 e. The van der Waals surface area contributed by atoms with Crippen molar-refractivity contribution in [3.05, 3.63) is 108 Å². The molecule has 180 valence electrons. The van der Waals surface area contributed by atoms with E-state index in [0.717, 1.165) is 48.4 Å². The number of aliphatic hydroxyl groups is 1. The van der Waals surface area contributed by atoms with Gasteiger partial charge in [-0.05, 0) is 41.8 Å². The SMILES string of the molecule is Cc1ccc(OCC(O)CN2CCN(C(c3ccccc3)c3ccccc3)CC2)c2cccnc12. The lowest BCUT2D eigenvalue weighted by Gasteiger charge is -2.40. The maximum absolute atomic E-state index is 10.7. The van der Waals surface area contributed by atoms with E-state index in [-0.39, 0.29) is 12.6 Å². The van der Waals surface area contributed by atoms with Gasteiger partial charge in [0, 0.05) is 44.3 Å². The van der Waals surface area contributed by atoms with Crippen LogP contribution in [0.3, 0.4) is 0 Å². The number of pyridine rings is 1. The largest absolute Gasteiger partial charge is 0.490 e. The smallest absolute Gasteiger partial charge is 0.128 e. The Morgan fingerprint density at radius 2 is 1.49 bits per heavy atom. The third-order valence-corrected chi connectivity index (χ3v) is 6.83. The topological polar surface area (TPSA) is 48.8 Å². The van der Waals surface area contributed by atoms with E-state index in [2.05, 4.69) is 75.4 Å². The molecule has 5 heteroatoms. The van der Waals surface area contributed by atoms with E-state index in [1.165, 1.54) is 11.1 Å². The summed E-state index contributed by atoms with van der Waals surface area (Å²) in [6, 6.07) is 29.7. The van der Waals surface area contributed by atoms with Crippen molar-refractivity contribution in [2.75, 3.05) is 39.3 Å². The second-order valence-electron chi connectivity index (χ2n) is 9.31. The van der Waals surface area contributed by atoms with E-state index in [1.807, 2.05) is 31.2 Å². The number of hydrogen-bond donors (Lipinski definition) is 1. The Kier molecular flexibility index (Phi) is 7.38. The van der Waals surface area contributed by atoms with Crippen LogP contribution in [0.15, 0.2) is 91.1 Å². The highest BCUT2D eigenvalue weighted by molar-refractivity contribution is 5.87. The molecule has 4 aromatic rings. The highest BCUT2D eigenvalue weighted by Crippen LogP contribution is 2.30. The first kappa shape index (κ1) is 23.5. The predicted molar refractivity (Wildman–Crippen MR) is 141 cm³/mol. The van der Waals surface area contributed by atoms with Crippen molar-refractivity contribution in [3.63, 3.8) is 0 Å². The average Bonchev–Trinajstić information content (AvgIpc) is 2.91. The molecule has 2 heterocycles. The summed E-state index contributed by atoms with van der Waals surface area (Å²) in [5, 5.41) is 11.7. The molecule has 0 radical (unpaired) electrons. The van der Waals surface area contributed by atoms with Gasteiger partial charge in [0.25, 0.3) is 0 Å². The third kappa shape index (κ3) is 5.54. The van der Waals surface area contributed by atoms with Crippen LogP contribution in [0.5, 0.6) is 5.75 Å². The summed E-state index contributed by atoms with van der Waals surface area (Å²) in [5.41, 5.74) is 4.71. The molecule has 1 N–H and O–H groups in total. The zero-order chi connectivity index (χ0) is 24.0. The van der Waals surface area contributed by atoms with Gasteiger partial charge in [-0.1, -0.05) is 66.7 Å². The normalized spacial score (nSPS) is 16.0.